The molecular weight excluding hydrogens is 164 g/mol. The van der Waals surface area contributed by atoms with E-state index in [9.17, 15) is 4.79 Å². The number of carbonyl (C=O) groups excluding carboxylic acids is 1. The Hall–Kier alpha value is -1.09. The lowest BCUT2D eigenvalue weighted by Crippen LogP contribution is -1.95. The standard InChI is InChI=1S/C7H8N2O.ClH/c1-5-6(4-10)2-3-7(8)9-5;/h2-4H,1H3,(H2,8,9);1H. The molecule has 0 aliphatic carbocycles. The molecule has 0 aliphatic rings. The van der Waals surface area contributed by atoms with Crippen LogP contribution in [-0.4, -0.2) is 11.3 Å². The first-order valence-electron chi connectivity index (χ1n) is 2.92. The summed E-state index contributed by atoms with van der Waals surface area (Å²) in [6, 6.07) is 3.27. The average Bonchev–Trinajstić information content (AvgIpc) is 1.88. The molecule has 0 atom stereocenters. The summed E-state index contributed by atoms with van der Waals surface area (Å²) in [6.45, 7) is 1.75. The van der Waals surface area contributed by atoms with Gasteiger partial charge in [0.15, 0.2) is 6.29 Å². The molecule has 0 saturated carbocycles. The summed E-state index contributed by atoms with van der Waals surface area (Å²) >= 11 is 0. The number of nitrogens with zero attached hydrogens (tertiary/aromatic N) is 1. The fraction of sp³-hybridized carbons (Fsp3) is 0.143. The van der Waals surface area contributed by atoms with Crippen molar-refractivity contribution in [2.75, 3.05) is 5.73 Å². The third kappa shape index (κ3) is 2.20. The van der Waals surface area contributed by atoms with Crippen LogP contribution in [0.3, 0.4) is 0 Å². The normalized spacial score (nSPS) is 8.45. The Labute approximate surface area is 71.0 Å². The van der Waals surface area contributed by atoms with Gasteiger partial charge in [0.05, 0.1) is 5.69 Å². The number of halogens is 1. The summed E-state index contributed by atoms with van der Waals surface area (Å²) < 4.78 is 0. The zero-order valence-electron chi connectivity index (χ0n) is 6.07. The summed E-state index contributed by atoms with van der Waals surface area (Å²) in [5.41, 5.74) is 6.62. The van der Waals surface area contributed by atoms with Crippen molar-refractivity contribution in [1.29, 1.82) is 0 Å². The van der Waals surface area contributed by atoms with Crippen molar-refractivity contribution >= 4 is 24.5 Å². The SMILES string of the molecule is Cc1nc(N)ccc1C=O.Cl. The van der Waals surface area contributed by atoms with Gasteiger partial charge in [0.25, 0.3) is 0 Å². The van der Waals surface area contributed by atoms with Crippen LogP contribution in [0.25, 0.3) is 0 Å². The van der Waals surface area contributed by atoms with Gasteiger partial charge in [0.1, 0.15) is 5.82 Å². The van der Waals surface area contributed by atoms with Gasteiger partial charge in [-0.05, 0) is 19.1 Å². The second-order valence-corrected chi connectivity index (χ2v) is 2.03. The van der Waals surface area contributed by atoms with Crippen molar-refractivity contribution in [3.05, 3.63) is 23.4 Å². The highest BCUT2D eigenvalue weighted by Gasteiger charge is 1.95. The van der Waals surface area contributed by atoms with E-state index in [0.29, 0.717) is 17.1 Å². The van der Waals surface area contributed by atoms with E-state index >= 15 is 0 Å². The Morgan fingerprint density at radius 2 is 2.18 bits per heavy atom. The van der Waals surface area contributed by atoms with Crippen LogP contribution in [0.2, 0.25) is 0 Å². The third-order valence-corrected chi connectivity index (χ3v) is 1.28. The van der Waals surface area contributed by atoms with E-state index in [2.05, 4.69) is 4.98 Å². The molecule has 60 valence electrons. The lowest BCUT2D eigenvalue weighted by Gasteiger charge is -1.96. The zero-order valence-corrected chi connectivity index (χ0v) is 6.89. The average molecular weight is 173 g/mol. The summed E-state index contributed by atoms with van der Waals surface area (Å²) in [5.74, 6) is 0.447. The van der Waals surface area contributed by atoms with Crippen molar-refractivity contribution < 1.29 is 4.79 Å². The number of anilines is 1. The number of hydrogen-bond acceptors (Lipinski definition) is 3. The minimum atomic E-state index is 0. The van der Waals surface area contributed by atoms with E-state index in [-0.39, 0.29) is 12.4 Å². The van der Waals surface area contributed by atoms with E-state index in [4.69, 9.17) is 5.73 Å². The van der Waals surface area contributed by atoms with Gasteiger partial charge >= 0.3 is 0 Å². The number of aromatic nitrogens is 1. The molecule has 4 heteroatoms. The molecule has 0 spiro atoms. The van der Waals surface area contributed by atoms with Crippen molar-refractivity contribution in [1.82, 2.24) is 4.98 Å². The smallest absolute Gasteiger partial charge is 0.151 e. The molecule has 1 heterocycles. The van der Waals surface area contributed by atoms with Crippen LogP contribution >= 0.6 is 12.4 Å². The molecule has 0 unspecified atom stereocenters. The maximum Gasteiger partial charge on any atom is 0.151 e. The Kier molecular flexibility index (Phi) is 3.54. The van der Waals surface area contributed by atoms with Gasteiger partial charge in [0.2, 0.25) is 0 Å². The van der Waals surface area contributed by atoms with Gasteiger partial charge < -0.3 is 5.73 Å². The van der Waals surface area contributed by atoms with Crippen LogP contribution in [0.1, 0.15) is 16.1 Å². The van der Waals surface area contributed by atoms with Gasteiger partial charge in [-0.3, -0.25) is 4.79 Å². The zero-order chi connectivity index (χ0) is 7.56. The number of aldehydes is 1. The largest absolute Gasteiger partial charge is 0.384 e. The lowest BCUT2D eigenvalue weighted by atomic mass is 10.2. The molecule has 0 aliphatic heterocycles. The summed E-state index contributed by atoms with van der Waals surface area (Å²) in [7, 11) is 0. The molecule has 1 aromatic rings. The minimum Gasteiger partial charge on any atom is -0.384 e. The second kappa shape index (κ2) is 3.93. The third-order valence-electron chi connectivity index (χ3n) is 1.28. The maximum absolute atomic E-state index is 10.3. The van der Waals surface area contributed by atoms with Crippen LogP contribution < -0.4 is 5.73 Å². The monoisotopic (exact) mass is 172 g/mol. The predicted octanol–water partition coefficient (Wildman–Crippen LogP) is 1.21. The van der Waals surface area contributed by atoms with Crippen molar-refractivity contribution in [3.8, 4) is 0 Å². The Balaban J connectivity index is 0.000001000. The van der Waals surface area contributed by atoms with E-state index in [0.717, 1.165) is 6.29 Å². The van der Waals surface area contributed by atoms with Crippen LogP contribution in [0, 0.1) is 6.92 Å². The predicted molar refractivity (Wildman–Crippen MR) is 46.0 cm³/mol. The highest BCUT2D eigenvalue weighted by atomic mass is 35.5. The van der Waals surface area contributed by atoms with Crippen molar-refractivity contribution in [2.45, 2.75) is 6.92 Å². The second-order valence-electron chi connectivity index (χ2n) is 2.03. The van der Waals surface area contributed by atoms with Gasteiger partial charge in [-0.15, -0.1) is 12.4 Å². The molecule has 1 aromatic heterocycles. The summed E-state index contributed by atoms with van der Waals surface area (Å²) in [6.07, 6.45) is 0.766. The molecule has 0 radical (unpaired) electrons. The number of rotatable bonds is 1. The maximum atomic E-state index is 10.3. The molecule has 0 fully saturated rings. The fourth-order valence-corrected chi connectivity index (χ4v) is 0.716. The number of nitrogen functional groups attached to an aromatic ring is 1. The number of carbonyl (C=O) groups is 1. The first-order valence-corrected chi connectivity index (χ1v) is 2.92. The topological polar surface area (TPSA) is 56.0 Å². The van der Waals surface area contributed by atoms with Gasteiger partial charge in [-0.1, -0.05) is 0 Å². The van der Waals surface area contributed by atoms with Crippen LogP contribution in [0.5, 0.6) is 0 Å². The molecule has 0 amide bonds. The van der Waals surface area contributed by atoms with Gasteiger partial charge in [-0.25, -0.2) is 4.98 Å². The molecule has 0 aromatic carbocycles. The molecule has 1 rings (SSSR count). The molecule has 2 N–H and O–H groups in total. The fourth-order valence-electron chi connectivity index (χ4n) is 0.716. The van der Waals surface area contributed by atoms with Crippen molar-refractivity contribution in [3.63, 3.8) is 0 Å². The van der Waals surface area contributed by atoms with E-state index in [1.165, 1.54) is 0 Å². The Morgan fingerprint density at radius 1 is 1.55 bits per heavy atom. The van der Waals surface area contributed by atoms with Gasteiger partial charge in [0, 0.05) is 5.56 Å². The minimum absolute atomic E-state index is 0. The van der Waals surface area contributed by atoms with Crippen LogP contribution in [0.4, 0.5) is 5.82 Å². The van der Waals surface area contributed by atoms with E-state index < -0.39 is 0 Å². The Morgan fingerprint density at radius 3 is 2.64 bits per heavy atom. The summed E-state index contributed by atoms with van der Waals surface area (Å²) in [4.78, 5) is 14.1. The molecule has 3 nitrogen and oxygen atoms in total. The van der Waals surface area contributed by atoms with Crippen LogP contribution in [0.15, 0.2) is 12.1 Å². The molecule has 0 saturated heterocycles. The first-order chi connectivity index (χ1) is 4.74. The van der Waals surface area contributed by atoms with Gasteiger partial charge in [-0.2, -0.15) is 0 Å². The molecule has 0 bridgehead atoms. The highest BCUT2D eigenvalue weighted by molar-refractivity contribution is 5.85. The van der Waals surface area contributed by atoms with Crippen molar-refractivity contribution in [2.24, 2.45) is 0 Å². The molecular formula is C7H9ClN2O. The highest BCUT2D eigenvalue weighted by Crippen LogP contribution is 2.04. The number of pyridine rings is 1. The van der Waals surface area contributed by atoms with E-state index in [1.54, 1.807) is 19.1 Å². The molecule has 11 heavy (non-hydrogen) atoms. The number of hydrogen-bond donors (Lipinski definition) is 1. The number of nitrogens with two attached hydrogens (primary N) is 1. The quantitative estimate of drug-likeness (QED) is 0.648. The Bertz CT molecular complexity index is 263. The summed E-state index contributed by atoms with van der Waals surface area (Å²) in [5, 5.41) is 0. The number of aryl methyl sites for hydroxylation is 1. The van der Waals surface area contributed by atoms with Crippen LogP contribution in [-0.2, 0) is 0 Å². The van der Waals surface area contributed by atoms with E-state index in [1.807, 2.05) is 0 Å². The lowest BCUT2D eigenvalue weighted by molar-refractivity contribution is 0.112. The first kappa shape index (κ1) is 9.91.